The predicted octanol–water partition coefficient (Wildman–Crippen LogP) is 1.70. The molecule has 0 unspecified atom stereocenters. The Morgan fingerprint density at radius 1 is 1.33 bits per heavy atom. The van der Waals surface area contributed by atoms with Gasteiger partial charge in [0.25, 0.3) is 0 Å². The van der Waals surface area contributed by atoms with Gasteiger partial charge in [-0.15, -0.1) is 5.10 Å². The third-order valence-electron chi connectivity index (χ3n) is 6.56. The molecular formula is C24H34N6O6. The van der Waals surface area contributed by atoms with Crippen LogP contribution >= 0.6 is 0 Å². The number of aromatic nitrogens is 3. The largest absolute Gasteiger partial charge is 0.454 e. The zero-order valence-corrected chi connectivity index (χ0v) is 20.9. The Kier molecular flexibility index (Phi) is 8.26. The van der Waals surface area contributed by atoms with Crippen LogP contribution < -0.4 is 14.8 Å². The summed E-state index contributed by atoms with van der Waals surface area (Å²) >= 11 is 0. The van der Waals surface area contributed by atoms with Crippen LogP contribution in [0.1, 0.15) is 32.4 Å². The number of carbonyl (C=O) groups excluding carboxylic acids is 2. The van der Waals surface area contributed by atoms with E-state index in [0.717, 1.165) is 5.69 Å². The monoisotopic (exact) mass is 502 g/mol. The van der Waals surface area contributed by atoms with Gasteiger partial charge in [-0.3, -0.25) is 4.79 Å². The number of hydrogen-bond acceptors (Lipinski definition) is 8. The third kappa shape index (κ3) is 6.05. The average molecular weight is 503 g/mol. The van der Waals surface area contributed by atoms with Crippen LogP contribution in [-0.2, 0) is 22.7 Å². The number of aliphatic hydroxyl groups is 1. The van der Waals surface area contributed by atoms with Crippen LogP contribution in [0.3, 0.4) is 0 Å². The maximum absolute atomic E-state index is 13.0. The van der Waals surface area contributed by atoms with Crippen LogP contribution in [0.4, 0.5) is 10.5 Å². The van der Waals surface area contributed by atoms with E-state index in [4.69, 9.17) is 14.2 Å². The lowest BCUT2D eigenvalue weighted by atomic mass is 10.0. The predicted molar refractivity (Wildman–Crippen MR) is 129 cm³/mol. The van der Waals surface area contributed by atoms with E-state index in [2.05, 4.69) is 15.6 Å². The SMILES string of the molecule is C[C@H]1CN([C@@H](C)CO)C(=O)CCCn2nncc2CO[C@H]1CN(C)C(=O)Nc1ccc2c(c1)OCO2. The molecule has 3 amide bonds. The van der Waals surface area contributed by atoms with Crippen molar-refractivity contribution in [3.05, 3.63) is 30.1 Å². The minimum Gasteiger partial charge on any atom is -0.454 e. The Balaban J connectivity index is 1.48. The Labute approximate surface area is 210 Å². The summed E-state index contributed by atoms with van der Waals surface area (Å²) in [6.45, 7) is 5.36. The highest BCUT2D eigenvalue weighted by Gasteiger charge is 2.29. The van der Waals surface area contributed by atoms with E-state index in [-0.39, 0.29) is 56.6 Å². The molecule has 2 aliphatic heterocycles. The first-order valence-corrected chi connectivity index (χ1v) is 12.2. The molecule has 1 aromatic carbocycles. The van der Waals surface area contributed by atoms with Gasteiger partial charge in [0.05, 0.1) is 37.3 Å². The van der Waals surface area contributed by atoms with Gasteiger partial charge in [0.2, 0.25) is 12.7 Å². The Morgan fingerprint density at radius 2 is 2.14 bits per heavy atom. The number of carbonyl (C=O) groups is 2. The summed E-state index contributed by atoms with van der Waals surface area (Å²) in [6.07, 6.45) is 2.23. The number of aryl methyl sites for hydroxylation is 1. The average Bonchev–Trinajstić information content (AvgIpc) is 3.52. The van der Waals surface area contributed by atoms with Crippen molar-refractivity contribution in [2.75, 3.05) is 38.9 Å². The number of likely N-dealkylation sites (N-methyl/N-ethyl adjacent to an activating group) is 1. The molecular weight excluding hydrogens is 468 g/mol. The third-order valence-corrected chi connectivity index (χ3v) is 6.56. The molecule has 2 N–H and O–H groups in total. The molecule has 3 atom stereocenters. The van der Waals surface area contributed by atoms with E-state index in [1.807, 2.05) is 13.8 Å². The van der Waals surface area contributed by atoms with Crippen LogP contribution in [0.25, 0.3) is 0 Å². The fourth-order valence-corrected chi connectivity index (χ4v) is 4.29. The standard InChI is InChI=1S/C24H34N6O6/c1-16-11-29(17(2)13-31)23(32)5-4-8-30-19(10-25-27-30)14-34-22(16)12-28(3)24(33)26-18-6-7-20-21(9-18)36-15-35-20/h6-7,9-10,16-17,22,31H,4-5,8,11-15H2,1-3H3,(H,26,33)/t16-,17-,22-/m0/s1. The molecule has 0 aliphatic carbocycles. The van der Waals surface area contributed by atoms with Gasteiger partial charge in [-0.1, -0.05) is 12.1 Å². The molecule has 2 aliphatic rings. The molecule has 3 heterocycles. The van der Waals surface area contributed by atoms with Crippen molar-refractivity contribution in [1.29, 1.82) is 0 Å². The molecule has 1 aromatic heterocycles. The number of fused-ring (bicyclic) bond motifs is 2. The number of nitrogens with one attached hydrogen (secondary N) is 1. The quantitative estimate of drug-likeness (QED) is 0.632. The number of nitrogens with zero attached hydrogens (tertiary/aromatic N) is 5. The maximum atomic E-state index is 13.0. The minimum atomic E-state index is -0.388. The molecule has 12 nitrogen and oxygen atoms in total. The van der Waals surface area contributed by atoms with Crippen LogP contribution in [0, 0.1) is 5.92 Å². The van der Waals surface area contributed by atoms with Gasteiger partial charge < -0.3 is 34.4 Å². The number of urea groups is 1. The Hall–Kier alpha value is -3.38. The molecule has 12 heteroatoms. The second kappa shape index (κ2) is 11.6. The number of hydrogen-bond donors (Lipinski definition) is 2. The van der Waals surface area contributed by atoms with Crippen molar-refractivity contribution in [3.8, 4) is 11.5 Å². The summed E-state index contributed by atoms with van der Waals surface area (Å²) in [4.78, 5) is 29.2. The van der Waals surface area contributed by atoms with Gasteiger partial charge in [0.1, 0.15) is 0 Å². The second-order valence-corrected chi connectivity index (χ2v) is 9.34. The molecule has 0 saturated carbocycles. The van der Waals surface area contributed by atoms with E-state index >= 15 is 0 Å². The molecule has 4 rings (SSSR count). The Morgan fingerprint density at radius 3 is 2.94 bits per heavy atom. The van der Waals surface area contributed by atoms with Gasteiger partial charge >= 0.3 is 6.03 Å². The van der Waals surface area contributed by atoms with Crippen LogP contribution in [-0.4, -0.2) is 87.5 Å². The summed E-state index contributed by atoms with van der Waals surface area (Å²) in [7, 11) is 1.69. The number of ether oxygens (including phenoxy) is 3. The fourth-order valence-electron chi connectivity index (χ4n) is 4.29. The summed E-state index contributed by atoms with van der Waals surface area (Å²) in [6, 6.07) is 4.59. The normalized spacial score (nSPS) is 21.2. The number of amides is 3. The highest BCUT2D eigenvalue weighted by atomic mass is 16.7. The van der Waals surface area contributed by atoms with Crippen LogP contribution in [0.2, 0.25) is 0 Å². The first kappa shape index (κ1) is 25.7. The molecule has 0 saturated heterocycles. The fraction of sp³-hybridized carbons (Fsp3) is 0.583. The minimum absolute atomic E-state index is 0.0294. The van der Waals surface area contributed by atoms with E-state index in [1.165, 1.54) is 0 Å². The van der Waals surface area contributed by atoms with Gasteiger partial charge in [-0.2, -0.15) is 0 Å². The smallest absolute Gasteiger partial charge is 0.321 e. The molecule has 0 fully saturated rings. The second-order valence-electron chi connectivity index (χ2n) is 9.34. The lowest BCUT2D eigenvalue weighted by Crippen LogP contribution is -2.48. The van der Waals surface area contributed by atoms with Gasteiger partial charge in [0.15, 0.2) is 11.5 Å². The molecule has 0 radical (unpaired) electrons. The van der Waals surface area contributed by atoms with E-state index in [0.29, 0.717) is 43.1 Å². The van der Waals surface area contributed by atoms with Crippen molar-refractivity contribution < 1.29 is 28.9 Å². The molecule has 0 spiro atoms. The molecule has 196 valence electrons. The van der Waals surface area contributed by atoms with Crippen molar-refractivity contribution in [3.63, 3.8) is 0 Å². The lowest BCUT2D eigenvalue weighted by Gasteiger charge is -2.35. The van der Waals surface area contributed by atoms with Crippen molar-refractivity contribution >= 4 is 17.6 Å². The highest BCUT2D eigenvalue weighted by molar-refractivity contribution is 5.89. The van der Waals surface area contributed by atoms with E-state index in [1.54, 1.807) is 45.9 Å². The van der Waals surface area contributed by atoms with Gasteiger partial charge in [-0.25, -0.2) is 9.48 Å². The topological polar surface area (TPSA) is 131 Å². The molecule has 2 aromatic rings. The molecule has 0 bridgehead atoms. The summed E-state index contributed by atoms with van der Waals surface area (Å²) in [5.41, 5.74) is 1.40. The number of aliphatic hydroxyl groups excluding tert-OH is 1. The van der Waals surface area contributed by atoms with Crippen molar-refractivity contribution in [1.82, 2.24) is 24.8 Å². The number of anilines is 1. The zero-order chi connectivity index (χ0) is 25.7. The highest BCUT2D eigenvalue weighted by Crippen LogP contribution is 2.34. The van der Waals surface area contributed by atoms with Crippen molar-refractivity contribution in [2.24, 2.45) is 5.92 Å². The number of rotatable bonds is 5. The van der Waals surface area contributed by atoms with Gasteiger partial charge in [0, 0.05) is 50.8 Å². The lowest BCUT2D eigenvalue weighted by molar-refractivity contribution is -0.136. The number of benzene rings is 1. The van der Waals surface area contributed by atoms with Crippen molar-refractivity contribution in [2.45, 2.75) is 52.0 Å². The first-order valence-electron chi connectivity index (χ1n) is 12.2. The molecule has 36 heavy (non-hydrogen) atoms. The summed E-state index contributed by atoms with van der Waals surface area (Å²) < 4.78 is 18.7. The van der Waals surface area contributed by atoms with Crippen LogP contribution in [0.15, 0.2) is 24.4 Å². The summed E-state index contributed by atoms with van der Waals surface area (Å²) in [5, 5.41) is 20.7. The first-order chi connectivity index (χ1) is 17.4. The Bertz CT molecular complexity index is 1060. The summed E-state index contributed by atoms with van der Waals surface area (Å²) in [5.74, 6) is 1.08. The van der Waals surface area contributed by atoms with Gasteiger partial charge in [-0.05, 0) is 25.5 Å². The van der Waals surface area contributed by atoms with E-state index in [9.17, 15) is 14.7 Å². The van der Waals surface area contributed by atoms with Crippen LogP contribution in [0.5, 0.6) is 11.5 Å². The van der Waals surface area contributed by atoms with E-state index < -0.39 is 0 Å². The maximum Gasteiger partial charge on any atom is 0.321 e. The zero-order valence-electron chi connectivity index (χ0n) is 20.9.